The molecule has 0 fully saturated rings. The molecule has 0 bridgehead atoms. The van der Waals surface area contributed by atoms with Crippen molar-refractivity contribution in [2.24, 2.45) is 5.92 Å². The highest BCUT2D eigenvalue weighted by molar-refractivity contribution is 5.27. The van der Waals surface area contributed by atoms with Crippen LogP contribution >= 0.6 is 0 Å². The molecule has 0 aromatic heterocycles. The Morgan fingerprint density at radius 3 is 1.82 bits per heavy atom. The van der Waals surface area contributed by atoms with Gasteiger partial charge < -0.3 is 9.47 Å². The van der Waals surface area contributed by atoms with Crippen molar-refractivity contribution in [2.75, 3.05) is 13.2 Å². The Bertz CT molecular complexity index is 515. The summed E-state index contributed by atoms with van der Waals surface area (Å²) in [6.07, 6.45) is 3.64. The molecule has 2 heteroatoms. The SMILES string of the molecule is CCC(CC)Cc1ccc(OCCOc2ccccc2)cc1. The van der Waals surface area contributed by atoms with Crippen molar-refractivity contribution in [1.29, 1.82) is 0 Å². The van der Waals surface area contributed by atoms with E-state index in [-0.39, 0.29) is 0 Å². The van der Waals surface area contributed by atoms with E-state index >= 15 is 0 Å². The van der Waals surface area contributed by atoms with Gasteiger partial charge >= 0.3 is 0 Å². The van der Waals surface area contributed by atoms with Gasteiger partial charge in [-0.2, -0.15) is 0 Å². The monoisotopic (exact) mass is 298 g/mol. The molecule has 0 saturated carbocycles. The van der Waals surface area contributed by atoms with Crippen LogP contribution in [-0.4, -0.2) is 13.2 Å². The van der Waals surface area contributed by atoms with E-state index in [9.17, 15) is 0 Å². The maximum atomic E-state index is 5.72. The second-order valence-electron chi connectivity index (χ2n) is 5.54. The van der Waals surface area contributed by atoms with Crippen molar-refractivity contribution in [3.05, 3.63) is 60.2 Å². The van der Waals surface area contributed by atoms with Crippen molar-refractivity contribution in [3.63, 3.8) is 0 Å². The van der Waals surface area contributed by atoms with Crippen LogP contribution in [0.4, 0.5) is 0 Å². The predicted molar refractivity (Wildman–Crippen MR) is 91.7 cm³/mol. The fraction of sp³-hybridized carbons (Fsp3) is 0.400. The van der Waals surface area contributed by atoms with E-state index in [1.54, 1.807) is 0 Å². The van der Waals surface area contributed by atoms with Crippen molar-refractivity contribution in [1.82, 2.24) is 0 Å². The Kier molecular flexibility index (Phi) is 6.82. The molecule has 0 saturated heterocycles. The molecule has 2 aromatic rings. The standard InChI is InChI=1S/C20H26O2/c1-3-17(4-2)16-18-10-12-20(13-11-18)22-15-14-21-19-8-6-5-7-9-19/h5-13,17H,3-4,14-16H2,1-2H3. The minimum atomic E-state index is 0.555. The number of hydrogen-bond donors (Lipinski definition) is 0. The highest BCUT2D eigenvalue weighted by Crippen LogP contribution is 2.18. The summed E-state index contributed by atoms with van der Waals surface area (Å²) in [7, 11) is 0. The molecule has 0 atom stereocenters. The Balaban J connectivity index is 1.72. The van der Waals surface area contributed by atoms with Crippen LogP contribution < -0.4 is 9.47 Å². The van der Waals surface area contributed by atoms with Gasteiger partial charge in [0.2, 0.25) is 0 Å². The Labute approximate surface area is 134 Å². The Hall–Kier alpha value is -1.96. The molecule has 0 unspecified atom stereocenters. The number of ether oxygens (including phenoxy) is 2. The Morgan fingerprint density at radius 2 is 1.27 bits per heavy atom. The van der Waals surface area contributed by atoms with Crippen LogP contribution in [0.2, 0.25) is 0 Å². The van der Waals surface area contributed by atoms with E-state index in [2.05, 4.69) is 38.1 Å². The van der Waals surface area contributed by atoms with Gasteiger partial charge in [-0.3, -0.25) is 0 Å². The van der Waals surface area contributed by atoms with Crippen molar-refractivity contribution < 1.29 is 9.47 Å². The molecule has 2 rings (SSSR count). The van der Waals surface area contributed by atoms with Crippen molar-refractivity contribution in [3.8, 4) is 11.5 Å². The fourth-order valence-electron chi connectivity index (χ4n) is 2.47. The zero-order valence-corrected chi connectivity index (χ0v) is 13.6. The summed E-state index contributed by atoms with van der Waals surface area (Å²) in [5.74, 6) is 2.57. The third-order valence-electron chi connectivity index (χ3n) is 3.97. The van der Waals surface area contributed by atoms with Gasteiger partial charge in [-0.1, -0.05) is 57.0 Å². The normalized spacial score (nSPS) is 10.7. The lowest BCUT2D eigenvalue weighted by Crippen LogP contribution is -2.09. The number of benzene rings is 2. The molecule has 0 aliphatic heterocycles. The lowest BCUT2D eigenvalue weighted by molar-refractivity contribution is 0.217. The van der Waals surface area contributed by atoms with Gasteiger partial charge in [0.1, 0.15) is 24.7 Å². The van der Waals surface area contributed by atoms with E-state index in [4.69, 9.17) is 9.47 Å². The zero-order chi connectivity index (χ0) is 15.6. The first-order valence-electron chi connectivity index (χ1n) is 8.21. The predicted octanol–water partition coefficient (Wildman–Crippen LogP) is 5.12. The zero-order valence-electron chi connectivity index (χ0n) is 13.6. The maximum Gasteiger partial charge on any atom is 0.122 e. The summed E-state index contributed by atoms with van der Waals surface area (Å²) >= 11 is 0. The highest BCUT2D eigenvalue weighted by atomic mass is 16.5. The van der Waals surface area contributed by atoms with E-state index in [1.807, 2.05) is 30.3 Å². The van der Waals surface area contributed by atoms with Crippen LogP contribution in [-0.2, 0) is 6.42 Å². The maximum absolute atomic E-state index is 5.72. The molecule has 2 nitrogen and oxygen atoms in total. The Morgan fingerprint density at radius 1 is 0.727 bits per heavy atom. The molecular weight excluding hydrogens is 272 g/mol. The highest BCUT2D eigenvalue weighted by Gasteiger charge is 2.05. The first kappa shape index (κ1) is 16.4. The fourth-order valence-corrected chi connectivity index (χ4v) is 2.47. The largest absolute Gasteiger partial charge is 0.490 e. The summed E-state index contributed by atoms with van der Waals surface area (Å²) in [6, 6.07) is 18.3. The molecule has 0 aliphatic rings. The van der Waals surface area contributed by atoms with Crippen LogP contribution in [0.15, 0.2) is 54.6 Å². The molecule has 0 N–H and O–H groups in total. The molecule has 0 spiro atoms. The molecule has 0 heterocycles. The second-order valence-corrected chi connectivity index (χ2v) is 5.54. The second kappa shape index (κ2) is 9.14. The summed E-state index contributed by atoms with van der Waals surface area (Å²) < 4.78 is 11.3. The van der Waals surface area contributed by atoms with Crippen molar-refractivity contribution in [2.45, 2.75) is 33.1 Å². The van der Waals surface area contributed by atoms with Gasteiger partial charge in [-0.25, -0.2) is 0 Å². The minimum absolute atomic E-state index is 0.555. The van der Waals surface area contributed by atoms with Crippen LogP contribution in [0.3, 0.4) is 0 Å². The van der Waals surface area contributed by atoms with Gasteiger partial charge in [-0.15, -0.1) is 0 Å². The van der Waals surface area contributed by atoms with E-state index in [1.165, 1.54) is 18.4 Å². The van der Waals surface area contributed by atoms with Gasteiger partial charge in [0.15, 0.2) is 0 Å². The summed E-state index contributed by atoms with van der Waals surface area (Å²) in [4.78, 5) is 0. The lowest BCUT2D eigenvalue weighted by Gasteiger charge is -2.13. The topological polar surface area (TPSA) is 18.5 Å². The molecule has 0 amide bonds. The van der Waals surface area contributed by atoms with E-state index in [0.717, 1.165) is 23.8 Å². The van der Waals surface area contributed by atoms with Gasteiger partial charge in [0, 0.05) is 0 Å². The number of para-hydroxylation sites is 1. The first-order chi connectivity index (χ1) is 10.8. The lowest BCUT2D eigenvalue weighted by atomic mass is 9.95. The van der Waals surface area contributed by atoms with Crippen LogP contribution in [0, 0.1) is 5.92 Å². The van der Waals surface area contributed by atoms with E-state index in [0.29, 0.717) is 13.2 Å². The summed E-state index contributed by atoms with van der Waals surface area (Å²) in [5.41, 5.74) is 1.39. The molecular formula is C20H26O2. The van der Waals surface area contributed by atoms with Gasteiger partial charge in [0.05, 0.1) is 0 Å². The molecule has 118 valence electrons. The summed E-state index contributed by atoms with van der Waals surface area (Å²) in [5, 5.41) is 0. The van der Waals surface area contributed by atoms with E-state index < -0.39 is 0 Å². The van der Waals surface area contributed by atoms with Gasteiger partial charge in [0.25, 0.3) is 0 Å². The van der Waals surface area contributed by atoms with Crippen LogP contribution in [0.1, 0.15) is 32.3 Å². The molecule has 0 aliphatic carbocycles. The van der Waals surface area contributed by atoms with Crippen LogP contribution in [0.25, 0.3) is 0 Å². The molecule has 2 aromatic carbocycles. The first-order valence-corrected chi connectivity index (χ1v) is 8.21. The van der Waals surface area contributed by atoms with Crippen molar-refractivity contribution >= 4 is 0 Å². The third kappa shape index (κ3) is 5.44. The molecule has 22 heavy (non-hydrogen) atoms. The quantitative estimate of drug-likeness (QED) is 0.598. The third-order valence-corrected chi connectivity index (χ3v) is 3.97. The number of hydrogen-bond acceptors (Lipinski definition) is 2. The average molecular weight is 298 g/mol. The smallest absolute Gasteiger partial charge is 0.122 e. The minimum Gasteiger partial charge on any atom is -0.490 e. The van der Waals surface area contributed by atoms with Gasteiger partial charge in [-0.05, 0) is 42.2 Å². The summed E-state index contributed by atoms with van der Waals surface area (Å²) in [6.45, 7) is 5.64. The van der Waals surface area contributed by atoms with Crippen LogP contribution in [0.5, 0.6) is 11.5 Å². The number of rotatable bonds is 9. The molecule has 0 radical (unpaired) electrons. The average Bonchev–Trinajstić information content (AvgIpc) is 2.58.